The minimum atomic E-state index is -4.14. The predicted molar refractivity (Wildman–Crippen MR) is 129 cm³/mol. The first-order chi connectivity index (χ1) is 16.1. The molecule has 178 valence electrons. The van der Waals surface area contributed by atoms with E-state index in [4.69, 9.17) is 23.2 Å². The number of carbonyl (C=O) groups is 2. The molecular weight excluding hydrogens is 501 g/mol. The molecule has 3 aromatic rings. The molecule has 1 atom stereocenters. The van der Waals surface area contributed by atoms with Gasteiger partial charge in [0.25, 0.3) is 10.0 Å². The summed E-state index contributed by atoms with van der Waals surface area (Å²) in [6.07, 6.45) is 0.430. The number of aliphatic carboxylic acids is 1. The highest BCUT2D eigenvalue weighted by Crippen LogP contribution is 2.28. The Labute approximate surface area is 206 Å². The van der Waals surface area contributed by atoms with Gasteiger partial charge in [-0.15, -0.1) is 4.41 Å². The Balaban J connectivity index is 1.53. The van der Waals surface area contributed by atoms with Crippen LogP contribution in [0.3, 0.4) is 0 Å². The lowest BCUT2D eigenvalue weighted by molar-refractivity contribution is -0.139. The zero-order valence-electron chi connectivity index (χ0n) is 17.8. The summed E-state index contributed by atoms with van der Waals surface area (Å²) in [4.78, 5) is 24.7. The van der Waals surface area contributed by atoms with Gasteiger partial charge in [0.05, 0.1) is 4.90 Å². The summed E-state index contributed by atoms with van der Waals surface area (Å²) in [5.74, 6) is -1.23. The van der Waals surface area contributed by atoms with Crippen LogP contribution in [-0.2, 0) is 21.2 Å². The van der Waals surface area contributed by atoms with E-state index in [9.17, 15) is 23.1 Å². The third kappa shape index (κ3) is 5.12. The minimum absolute atomic E-state index is 0.0381. The predicted octanol–water partition coefficient (Wildman–Crippen LogP) is 4.16. The highest BCUT2D eigenvalue weighted by Gasteiger charge is 2.38. The zero-order chi connectivity index (χ0) is 24.5. The second-order valence-electron chi connectivity index (χ2n) is 7.86. The number of hydrazine groups is 1. The number of nitrogens with zero attached hydrogens (tertiary/aromatic N) is 2. The van der Waals surface area contributed by atoms with Crippen LogP contribution in [0.4, 0.5) is 4.79 Å². The van der Waals surface area contributed by atoms with Crippen LogP contribution in [0.2, 0.25) is 10.0 Å². The van der Waals surface area contributed by atoms with Gasteiger partial charge in [0.15, 0.2) is 0 Å². The van der Waals surface area contributed by atoms with Crippen molar-refractivity contribution in [2.24, 2.45) is 0 Å². The van der Waals surface area contributed by atoms with Crippen LogP contribution in [0.5, 0.6) is 0 Å². The quantitative estimate of drug-likeness (QED) is 0.506. The molecule has 1 aliphatic heterocycles. The van der Waals surface area contributed by atoms with E-state index >= 15 is 0 Å². The fourth-order valence-corrected chi connectivity index (χ4v) is 6.10. The number of nitrogens with one attached hydrogen (secondary N) is 1. The summed E-state index contributed by atoms with van der Waals surface area (Å²) in [7, 11) is -4.14. The molecular formula is C23H21Cl2N3O5S. The first kappa shape index (κ1) is 24.3. The molecule has 2 N–H and O–H groups in total. The second-order valence-corrected chi connectivity index (χ2v) is 10.6. The van der Waals surface area contributed by atoms with Crippen LogP contribution in [0, 0.1) is 0 Å². The van der Waals surface area contributed by atoms with Gasteiger partial charge in [-0.1, -0.05) is 65.7 Å². The van der Waals surface area contributed by atoms with E-state index in [-0.39, 0.29) is 34.5 Å². The van der Waals surface area contributed by atoms with Gasteiger partial charge in [0, 0.05) is 29.6 Å². The number of halogens is 2. The molecule has 0 aliphatic carbocycles. The van der Waals surface area contributed by atoms with Crippen molar-refractivity contribution in [1.82, 2.24) is 14.7 Å². The molecule has 1 heterocycles. The number of carboxylic acids is 1. The van der Waals surface area contributed by atoms with Crippen molar-refractivity contribution >= 4 is 56.0 Å². The number of amides is 2. The van der Waals surface area contributed by atoms with Crippen molar-refractivity contribution in [1.29, 1.82) is 0 Å². The highest BCUT2D eigenvalue weighted by atomic mass is 35.5. The van der Waals surface area contributed by atoms with E-state index in [0.29, 0.717) is 6.42 Å². The second kappa shape index (κ2) is 9.79. The lowest BCUT2D eigenvalue weighted by atomic mass is 10.0. The minimum Gasteiger partial charge on any atom is -0.480 e. The number of fused-ring (bicyclic) bond motifs is 1. The van der Waals surface area contributed by atoms with Gasteiger partial charge in [0.2, 0.25) is 0 Å². The number of hydrogen-bond donors (Lipinski definition) is 2. The maximum absolute atomic E-state index is 13.2. The monoisotopic (exact) mass is 521 g/mol. The average Bonchev–Trinajstić information content (AvgIpc) is 3.29. The van der Waals surface area contributed by atoms with Crippen LogP contribution in [0.25, 0.3) is 10.8 Å². The topological polar surface area (TPSA) is 107 Å². The molecule has 3 aromatic carbocycles. The number of benzene rings is 3. The molecule has 0 bridgehead atoms. The molecule has 0 unspecified atom stereocenters. The normalized spacial score (nSPS) is 15.4. The summed E-state index contributed by atoms with van der Waals surface area (Å²) in [5.41, 5.74) is 0.728. The molecule has 0 aromatic heterocycles. The Hall–Kier alpha value is -2.85. The molecule has 34 heavy (non-hydrogen) atoms. The van der Waals surface area contributed by atoms with Gasteiger partial charge in [-0.3, -0.25) is 0 Å². The Kier molecular flexibility index (Phi) is 6.99. The van der Waals surface area contributed by atoms with Crippen molar-refractivity contribution in [3.8, 4) is 0 Å². The van der Waals surface area contributed by atoms with E-state index in [2.05, 4.69) is 5.32 Å². The zero-order valence-corrected chi connectivity index (χ0v) is 20.1. The molecule has 8 nitrogen and oxygen atoms in total. The van der Waals surface area contributed by atoms with Gasteiger partial charge in [-0.2, -0.15) is 0 Å². The third-order valence-electron chi connectivity index (χ3n) is 5.48. The Morgan fingerprint density at radius 2 is 1.65 bits per heavy atom. The average molecular weight is 522 g/mol. The van der Waals surface area contributed by atoms with Crippen molar-refractivity contribution in [3.63, 3.8) is 0 Å². The van der Waals surface area contributed by atoms with Crippen LogP contribution >= 0.6 is 23.2 Å². The van der Waals surface area contributed by atoms with Gasteiger partial charge in [-0.05, 0) is 41.0 Å². The molecule has 1 fully saturated rings. The van der Waals surface area contributed by atoms with E-state index in [1.54, 1.807) is 6.07 Å². The summed E-state index contributed by atoms with van der Waals surface area (Å²) in [5, 5.41) is 15.4. The van der Waals surface area contributed by atoms with Crippen LogP contribution in [0.15, 0.2) is 65.6 Å². The highest BCUT2D eigenvalue weighted by molar-refractivity contribution is 7.89. The number of hydrogen-bond acceptors (Lipinski definition) is 4. The van der Waals surface area contributed by atoms with E-state index < -0.39 is 28.1 Å². The lowest BCUT2D eigenvalue weighted by Gasteiger charge is -2.28. The number of rotatable bonds is 6. The molecule has 1 saturated heterocycles. The molecule has 4 rings (SSSR count). The fourth-order valence-electron chi connectivity index (χ4n) is 3.86. The number of carboxylic acid groups (broad SMARTS) is 1. The Morgan fingerprint density at radius 3 is 2.32 bits per heavy atom. The van der Waals surface area contributed by atoms with E-state index in [1.807, 2.05) is 36.4 Å². The molecule has 11 heteroatoms. The molecule has 0 radical (unpaired) electrons. The molecule has 1 aliphatic rings. The summed E-state index contributed by atoms with van der Waals surface area (Å²) in [6.45, 7) is 0.171. The van der Waals surface area contributed by atoms with Crippen molar-refractivity contribution in [2.75, 3.05) is 13.1 Å². The maximum Gasteiger partial charge on any atom is 0.333 e. The van der Waals surface area contributed by atoms with Crippen molar-refractivity contribution in [3.05, 3.63) is 76.3 Å². The Bertz CT molecular complexity index is 1350. The smallest absolute Gasteiger partial charge is 0.333 e. The Morgan fingerprint density at radius 1 is 0.971 bits per heavy atom. The maximum atomic E-state index is 13.2. The van der Waals surface area contributed by atoms with Crippen molar-refractivity contribution < 1.29 is 23.1 Å². The van der Waals surface area contributed by atoms with Gasteiger partial charge in [-0.25, -0.2) is 23.0 Å². The molecule has 2 amide bonds. The first-order valence-electron chi connectivity index (χ1n) is 10.4. The van der Waals surface area contributed by atoms with Crippen LogP contribution in [-0.4, -0.2) is 54.1 Å². The van der Waals surface area contributed by atoms with E-state index in [1.165, 1.54) is 18.2 Å². The molecule has 0 saturated carbocycles. The third-order valence-corrected chi connectivity index (χ3v) is 7.69. The SMILES string of the molecule is O=C(O)[C@H](Cc1ccc2ccccc2c1)NC(=O)N1CCCN1S(=O)(=O)c1cc(Cl)cc(Cl)c1. The van der Waals surface area contributed by atoms with Gasteiger partial charge >= 0.3 is 12.0 Å². The first-order valence-corrected chi connectivity index (χ1v) is 12.6. The van der Waals surface area contributed by atoms with Gasteiger partial charge in [0.1, 0.15) is 6.04 Å². The number of urea groups is 1. The van der Waals surface area contributed by atoms with Crippen LogP contribution < -0.4 is 5.32 Å². The summed E-state index contributed by atoms with van der Waals surface area (Å²) < 4.78 is 27.2. The fraction of sp³-hybridized carbons (Fsp3) is 0.217. The lowest BCUT2D eigenvalue weighted by Crippen LogP contribution is -2.53. The number of carbonyl (C=O) groups excluding carboxylic acids is 1. The molecule has 0 spiro atoms. The largest absolute Gasteiger partial charge is 0.480 e. The van der Waals surface area contributed by atoms with Gasteiger partial charge < -0.3 is 10.4 Å². The number of sulfonamides is 1. The van der Waals surface area contributed by atoms with Crippen molar-refractivity contribution in [2.45, 2.75) is 23.8 Å². The summed E-state index contributed by atoms with van der Waals surface area (Å²) in [6, 6.07) is 15.1. The van der Waals surface area contributed by atoms with Crippen LogP contribution in [0.1, 0.15) is 12.0 Å². The standard InChI is InChI=1S/C23H21Cl2N3O5S/c24-18-12-19(25)14-20(13-18)34(32,33)28-9-3-8-27(28)23(31)26-21(22(29)30)11-15-6-7-16-4-1-2-5-17(16)10-15/h1-2,4-7,10,12-14,21H,3,8-9,11H2,(H,26,31)(H,29,30)/t21-/m0/s1. The summed E-state index contributed by atoms with van der Waals surface area (Å²) >= 11 is 11.9. The van der Waals surface area contributed by atoms with E-state index in [0.717, 1.165) is 25.8 Å².